The van der Waals surface area contributed by atoms with Crippen LogP contribution in [0.5, 0.6) is 5.75 Å². The quantitative estimate of drug-likeness (QED) is 0.852. The number of aromatic nitrogens is 2. The van der Waals surface area contributed by atoms with E-state index < -0.39 is 0 Å². The topological polar surface area (TPSA) is 50.1 Å². The Morgan fingerprint density at radius 1 is 1.44 bits per heavy atom. The van der Waals surface area contributed by atoms with Crippen molar-refractivity contribution in [3.8, 4) is 5.75 Å². The number of anilines is 1. The minimum Gasteiger partial charge on any atom is -0.508 e. The second-order valence-corrected chi connectivity index (χ2v) is 4.87. The van der Waals surface area contributed by atoms with Crippen molar-refractivity contribution in [2.75, 3.05) is 5.32 Å². The van der Waals surface area contributed by atoms with Crippen molar-refractivity contribution in [2.24, 2.45) is 7.05 Å². The van der Waals surface area contributed by atoms with Crippen LogP contribution in [0.4, 0.5) is 5.69 Å². The Morgan fingerprint density at radius 2 is 2.33 bits per heavy atom. The number of aromatic hydroxyl groups is 1. The number of nitrogens with one attached hydrogen (secondary N) is 1. The van der Waals surface area contributed by atoms with Crippen LogP contribution in [0.1, 0.15) is 30.0 Å². The van der Waals surface area contributed by atoms with Gasteiger partial charge in [0.1, 0.15) is 5.75 Å². The number of nitrogens with zero attached hydrogens (tertiary/aromatic N) is 2. The second-order valence-electron chi connectivity index (χ2n) is 4.87. The number of hydrogen-bond acceptors (Lipinski definition) is 3. The maximum Gasteiger partial charge on any atom is 0.115 e. The summed E-state index contributed by atoms with van der Waals surface area (Å²) in [6.07, 6.45) is 7.16. The monoisotopic (exact) mass is 243 g/mol. The minimum atomic E-state index is 0.269. The Morgan fingerprint density at radius 3 is 3.11 bits per heavy atom. The summed E-state index contributed by atoms with van der Waals surface area (Å²) in [5.74, 6) is 0.341. The average Bonchev–Trinajstić information content (AvgIpc) is 2.76. The van der Waals surface area contributed by atoms with Crippen molar-refractivity contribution < 1.29 is 5.11 Å². The number of phenolic OH excluding ortho intramolecular Hbond substituents is 1. The van der Waals surface area contributed by atoms with E-state index in [1.807, 2.05) is 31.6 Å². The molecule has 3 rings (SSSR count). The molecule has 0 saturated carbocycles. The molecule has 2 N–H and O–H groups in total. The average molecular weight is 243 g/mol. The summed E-state index contributed by atoms with van der Waals surface area (Å²) in [7, 11) is 1.91. The third-order valence-corrected chi connectivity index (χ3v) is 3.49. The standard InChI is InChI=1S/C14H17N3O/c1-17-9-11(8-15-17)16-14-4-2-3-10-5-6-12(18)7-13(10)14/h5-9,14,16,18H,2-4H2,1H3. The summed E-state index contributed by atoms with van der Waals surface area (Å²) in [6.45, 7) is 0. The Balaban J connectivity index is 1.88. The molecule has 0 radical (unpaired) electrons. The molecule has 18 heavy (non-hydrogen) atoms. The molecule has 4 nitrogen and oxygen atoms in total. The van der Waals surface area contributed by atoms with Gasteiger partial charge < -0.3 is 10.4 Å². The van der Waals surface area contributed by atoms with Gasteiger partial charge in [0.15, 0.2) is 0 Å². The zero-order valence-electron chi connectivity index (χ0n) is 10.4. The first-order valence-electron chi connectivity index (χ1n) is 6.29. The molecule has 0 aliphatic heterocycles. The van der Waals surface area contributed by atoms with Gasteiger partial charge in [-0.15, -0.1) is 0 Å². The highest BCUT2D eigenvalue weighted by atomic mass is 16.3. The molecule has 94 valence electrons. The van der Waals surface area contributed by atoms with E-state index in [2.05, 4.69) is 10.4 Å². The maximum atomic E-state index is 9.63. The Kier molecular flexibility index (Phi) is 2.70. The van der Waals surface area contributed by atoms with Crippen molar-refractivity contribution in [3.63, 3.8) is 0 Å². The molecule has 0 bridgehead atoms. The molecular weight excluding hydrogens is 226 g/mol. The van der Waals surface area contributed by atoms with Gasteiger partial charge in [-0.2, -0.15) is 5.10 Å². The molecule has 0 amide bonds. The van der Waals surface area contributed by atoms with Gasteiger partial charge in [0, 0.05) is 13.2 Å². The molecule has 1 aromatic heterocycles. The molecule has 1 aromatic carbocycles. The van der Waals surface area contributed by atoms with Crippen LogP contribution >= 0.6 is 0 Å². The van der Waals surface area contributed by atoms with Gasteiger partial charge in [0.05, 0.1) is 17.9 Å². The first kappa shape index (κ1) is 11.1. The molecule has 1 aliphatic carbocycles. The fraction of sp³-hybridized carbons (Fsp3) is 0.357. The van der Waals surface area contributed by atoms with Gasteiger partial charge >= 0.3 is 0 Å². The number of phenols is 1. The Labute approximate surface area is 106 Å². The number of fused-ring (bicyclic) bond motifs is 1. The lowest BCUT2D eigenvalue weighted by molar-refractivity contribution is 0.471. The second kappa shape index (κ2) is 4.37. The zero-order chi connectivity index (χ0) is 12.5. The van der Waals surface area contributed by atoms with Gasteiger partial charge in [-0.3, -0.25) is 4.68 Å². The smallest absolute Gasteiger partial charge is 0.115 e. The highest BCUT2D eigenvalue weighted by molar-refractivity contribution is 5.46. The van der Waals surface area contributed by atoms with Gasteiger partial charge in [0.2, 0.25) is 0 Å². The third kappa shape index (κ3) is 2.06. The van der Waals surface area contributed by atoms with Crippen LogP contribution in [0.3, 0.4) is 0 Å². The SMILES string of the molecule is Cn1cc(NC2CCCc3ccc(O)cc32)cn1. The normalized spacial score (nSPS) is 18.4. The lowest BCUT2D eigenvalue weighted by Gasteiger charge is -2.26. The molecule has 0 fully saturated rings. The van der Waals surface area contributed by atoms with Crippen LogP contribution in [-0.2, 0) is 13.5 Å². The summed E-state index contributed by atoms with van der Waals surface area (Å²) in [5.41, 5.74) is 3.57. The van der Waals surface area contributed by atoms with Crippen molar-refractivity contribution in [1.29, 1.82) is 0 Å². The number of hydrogen-bond donors (Lipinski definition) is 2. The van der Waals surface area contributed by atoms with Crippen LogP contribution in [0.2, 0.25) is 0 Å². The van der Waals surface area contributed by atoms with Crippen molar-refractivity contribution >= 4 is 5.69 Å². The fourth-order valence-corrected chi connectivity index (χ4v) is 2.63. The Bertz CT molecular complexity index is 562. The van der Waals surface area contributed by atoms with E-state index >= 15 is 0 Å². The summed E-state index contributed by atoms with van der Waals surface area (Å²) in [6, 6.07) is 5.94. The first-order chi connectivity index (χ1) is 8.72. The molecular formula is C14H17N3O. The van der Waals surface area contributed by atoms with E-state index in [9.17, 15) is 5.11 Å². The molecule has 0 spiro atoms. The van der Waals surface area contributed by atoms with E-state index in [-0.39, 0.29) is 6.04 Å². The minimum absolute atomic E-state index is 0.269. The molecule has 4 heteroatoms. The van der Waals surface area contributed by atoms with Gasteiger partial charge in [-0.05, 0) is 42.5 Å². The molecule has 2 aromatic rings. The van der Waals surface area contributed by atoms with Crippen molar-refractivity contribution in [2.45, 2.75) is 25.3 Å². The predicted octanol–water partition coefficient (Wildman–Crippen LogP) is 2.62. The van der Waals surface area contributed by atoms with Crippen LogP contribution in [-0.4, -0.2) is 14.9 Å². The molecule has 1 heterocycles. The maximum absolute atomic E-state index is 9.63. The highest BCUT2D eigenvalue weighted by Crippen LogP contribution is 2.34. The van der Waals surface area contributed by atoms with E-state index in [1.54, 1.807) is 10.7 Å². The van der Waals surface area contributed by atoms with Crippen molar-refractivity contribution in [1.82, 2.24) is 9.78 Å². The number of aryl methyl sites for hydroxylation is 2. The van der Waals surface area contributed by atoms with Gasteiger partial charge in [-0.1, -0.05) is 6.07 Å². The largest absolute Gasteiger partial charge is 0.508 e. The lowest BCUT2D eigenvalue weighted by atomic mass is 9.87. The van der Waals surface area contributed by atoms with E-state index in [0.717, 1.165) is 18.5 Å². The molecule has 1 unspecified atom stereocenters. The predicted molar refractivity (Wildman–Crippen MR) is 70.6 cm³/mol. The van der Waals surface area contributed by atoms with E-state index in [1.165, 1.54) is 17.5 Å². The van der Waals surface area contributed by atoms with E-state index in [4.69, 9.17) is 0 Å². The number of rotatable bonds is 2. The summed E-state index contributed by atoms with van der Waals surface area (Å²) >= 11 is 0. The summed E-state index contributed by atoms with van der Waals surface area (Å²) in [4.78, 5) is 0. The van der Waals surface area contributed by atoms with Gasteiger partial charge in [0.25, 0.3) is 0 Å². The fourth-order valence-electron chi connectivity index (χ4n) is 2.63. The molecule has 1 aliphatic rings. The third-order valence-electron chi connectivity index (χ3n) is 3.49. The van der Waals surface area contributed by atoms with Crippen LogP contribution < -0.4 is 5.32 Å². The molecule has 0 saturated heterocycles. The zero-order valence-corrected chi connectivity index (χ0v) is 10.4. The van der Waals surface area contributed by atoms with Crippen LogP contribution in [0.25, 0.3) is 0 Å². The van der Waals surface area contributed by atoms with Gasteiger partial charge in [-0.25, -0.2) is 0 Å². The van der Waals surface area contributed by atoms with E-state index in [0.29, 0.717) is 5.75 Å². The van der Waals surface area contributed by atoms with Crippen molar-refractivity contribution in [3.05, 3.63) is 41.7 Å². The summed E-state index contributed by atoms with van der Waals surface area (Å²) in [5, 5.41) is 17.3. The van der Waals surface area contributed by atoms with Crippen LogP contribution in [0, 0.1) is 0 Å². The lowest BCUT2D eigenvalue weighted by Crippen LogP contribution is -2.17. The highest BCUT2D eigenvalue weighted by Gasteiger charge is 2.20. The Hall–Kier alpha value is -1.97. The van der Waals surface area contributed by atoms with Crippen LogP contribution in [0.15, 0.2) is 30.6 Å². The summed E-state index contributed by atoms with van der Waals surface area (Å²) < 4.78 is 1.79. The first-order valence-corrected chi connectivity index (χ1v) is 6.29. The number of benzene rings is 1. The molecule has 1 atom stereocenters.